The first-order chi connectivity index (χ1) is 12.6. The van der Waals surface area contributed by atoms with Gasteiger partial charge >= 0.3 is 0 Å². The monoisotopic (exact) mass is 358 g/mol. The number of aliphatic imine (C=N–C) groups is 1. The molecule has 0 bridgehead atoms. The van der Waals surface area contributed by atoms with Crippen molar-refractivity contribution in [2.75, 3.05) is 26.2 Å². The van der Waals surface area contributed by atoms with Crippen LogP contribution in [-0.2, 0) is 11.2 Å². The lowest BCUT2D eigenvalue weighted by atomic mass is 9.90. The van der Waals surface area contributed by atoms with E-state index >= 15 is 0 Å². The van der Waals surface area contributed by atoms with Gasteiger partial charge in [0, 0.05) is 32.1 Å². The molecule has 1 amide bonds. The van der Waals surface area contributed by atoms with Gasteiger partial charge in [-0.25, -0.2) is 0 Å². The molecule has 1 fully saturated rings. The number of amides is 1. The molecule has 0 saturated carbocycles. The third-order valence-corrected chi connectivity index (χ3v) is 4.67. The van der Waals surface area contributed by atoms with E-state index in [1.54, 1.807) is 0 Å². The highest BCUT2D eigenvalue weighted by Gasteiger charge is 2.21. The molecule has 1 aromatic rings. The van der Waals surface area contributed by atoms with E-state index in [1.807, 2.05) is 13.8 Å². The molecule has 0 radical (unpaired) electrons. The van der Waals surface area contributed by atoms with Gasteiger partial charge in [-0.3, -0.25) is 9.79 Å². The maximum absolute atomic E-state index is 11.8. The fourth-order valence-electron chi connectivity index (χ4n) is 3.38. The molecule has 2 N–H and O–H groups in total. The van der Waals surface area contributed by atoms with Crippen LogP contribution in [0.15, 0.2) is 35.3 Å². The molecule has 0 aromatic heterocycles. The predicted octanol–water partition coefficient (Wildman–Crippen LogP) is 2.82. The van der Waals surface area contributed by atoms with E-state index < -0.39 is 0 Å². The fraction of sp³-hybridized carbons (Fsp3) is 0.619. The van der Waals surface area contributed by atoms with E-state index in [0.717, 1.165) is 37.9 Å². The molecular formula is C21H34N4O. The third-order valence-electron chi connectivity index (χ3n) is 4.67. The number of likely N-dealkylation sites (tertiary alicyclic amines) is 1. The Morgan fingerprint density at radius 3 is 2.54 bits per heavy atom. The van der Waals surface area contributed by atoms with Gasteiger partial charge in [-0.05, 0) is 51.5 Å². The minimum absolute atomic E-state index is 0.0705. The van der Waals surface area contributed by atoms with E-state index in [4.69, 9.17) is 0 Å². The van der Waals surface area contributed by atoms with Crippen molar-refractivity contribution in [2.24, 2.45) is 10.9 Å². The first-order valence-electron chi connectivity index (χ1n) is 9.95. The van der Waals surface area contributed by atoms with Gasteiger partial charge in [-0.2, -0.15) is 0 Å². The number of carbonyl (C=O) groups is 1. The van der Waals surface area contributed by atoms with Gasteiger partial charge in [-0.1, -0.05) is 30.3 Å². The predicted molar refractivity (Wildman–Crippen MR) is 108 cm³/mol. The van der Waals surface area contributed by atoms with Crippen molar-refractivity contribution in [2.45, 2.75) is 52.5 Å². The van der Waals surface area contributed by atoms with Crippen molar-refractivity contribution in [1.82, 2.24) is 15.5 Å². The average Bonchev–Trinajstić information content (AvgIpc) is 2.62. The standard InChI is InChI=1S/C21H34N4O/c1-4-22-21(23-13-10-20(26)24-17(2)3)25-14-11-19(12-15-25)16-18-8-6-5-7-9-18/h5-9,17,19H,4,10-16H2,1-3H3,(H,22,23)(H,24,26). The third kappa shape index (κ3) is 7.06. The van der Waals surface area contributed by atoms with Crippen LogP contribution in [0.2, 0.25) is 0 Å². The molecule has 1 aromatic carbocycles. The number of carbonyl (C=O) groups excluding carboxylic acids is 1. The van der Waals surface area contributed by atoms with Gasteiger partial charge in [0.05, 0.1) is 6.54 Å². The van der Waals surface area contributed by atoms with Crippen molar-refractivity contribution in [3.05, 3.63) is 35.9 Å². The van der Waals surface area contributed by atoms with Crippen molar-refractivity contribution in [3.8, 4) is 0 Å². The number of rotatable bonds is 7. The number of benzene rings is 1. The molecule has 5 nitrogen and oxygen atoms in total. The van der Waals surface area contributed by atoms with E-state index in [-0.39, 0.29) is 11.9 Å². The Morgan fingerprint density at radius 1 is 1.23 bits per heavy atom. The van der Waals surface area contributed by atoms with Crippen LogP contribution in [0.4, 0.5) is 0 Å². The molecule has 0 aliphatic carbocycles. The minimum atomic E-state index is 0.0705. The zero-order valence-corrected chi connectivity index (χ0v) is 16.5. The zero-order valence-electron chi connectivity index (χ0n) is 16.5. The summed E-state index contributed by atoms with van der Waals surface area (Å²) in [5.74, 6) is 1.76. The van der Waals surface area contributed by atoms with Crippen LogP contribution in [0.1, 0.15) is 45.6 Å². The number of piperidine rings is 1. The Kier molecular flexibility index (Phi) is 8.45. The number of nitrogens with zero attached hydrogens (tertiary/aromatic N) is 2. The molecule has 0 unspecified atom stereocenters. The Hall–Kier alpha value is -2.04. The quantitative estimate of drug-likeness (QED) is 0.582. The highest BCUT2D eigenvalue weighted by atomic mass is 16.1. The van der Waals surface area contributed by atoms with Crippen molar-refractivity contribution in [1.29, 1.82) is 0 Å². The molecule has 2 rings (SSSR count). The van der Waals surface area contributed by atoms with Crippen LogP contribution in [-0.4, -0.2) is 49.0 Å². The second-order valence-corrected chi connectivity index (χ2v) is 7.33. The van der Waals surface area contributed by atoms with Crippen LogP contribution in [0.3, 0.4) is 0 Å². The fourth-order valence-corrected chi connectivity index (χ4v) is 3.38. The largest absolute Gasteiger partial charge is 0.357 e. The van der Waals surface area contributed by atoms with Gasteiger partial charge in [0.25, 0.3) is 0 Å². The minimum Gasteiger partial charge on any atom is -0.357 e. The zero-order chi connectivity index (χ0) is 18.8. The lowest BCUT2D eigenvalue weighted by molar-refractivity contribution is -0.121. The van der Waals surface area contributed by atoms with Crippen molar-refractivity contribution >= 4 is 11.9 Å². The molecule has 0 spiro atoms. The maximum Gasteiger partial charge on any atom is 0.222 e. The summed E-state index contributed by atoms with van der Waals surface area (Å²) in [6.45, 7) is 9.48. The highest BCUT2D eigenvalue weighted by Crippen LogP contribution is 2.21. The first-order valence-corrected chi connectivity index (χ1v) is 9.95. The van der Waals surface area contributed by atoms with Crippen LogP contribution >= 0.6 is 0 Å². The Morgan fingerprint density at radius 2 is 1.92 bits per heavy atom. The molecule has 0 atom stereocenters. The van der Waals surface area contributed by atoms with Gasteiger partial charge < -0.3 is 15.5 Å². The Bertz CT molecular complexity index is 563. The Balaban J connectivity index is 1.81. The number of hydrogen-bond donors (Lipinski definition) is 2. The van der Waals surface area contributed by atoms with Crippen molar-refractivity contribution in [3.63, 3.8) is 0 Å². The maximum atomic E-state index is 11.8. The topological polar surface area (TPSA) is 56.7 Å². The molecular weight excluding hydrogens is 324 g/mol. The van der Waals surface area contributed by atoms with Crippen molar-refractivity contribution < 1.29 is 4.79 Å². The second kappa shape index (κ2) is 10.8. The van der Waals surface area contributed by atoms with E-state index in [1.165, 1.54) is 18.4 Å². The summed E-state index contributed by atoms with van der Waals surface area (Å²) in [4.78, 5) is 18.8. The summed E-state index contributed by atoms with van der Waals surface area (Å²) >= 11 is 0. The van der Waals surface area contributed by atoms with Gasteiger partial charge in [0.2, 0.25) is 5.91 Å². The Labute approximate surface area is 158 Å². The molecule has 1 aliphatic rings. The summed E-state index contributed by atoms with van der Waals surface area (Å²) in [6.07, 6.45) is 3.98. The summed E-state index contributed by atoms with van der Waals surface area (Å²) in [5.41, 5.74) is 1.43. The second-order valence-electron chi connectivity index (χ2n) is 7.33. The van der Waals surface area contributed by atoms with E-state index in [0.29, 0.717) is 13.0 Å². The van der Waals surface area contributed by atoms with Gasteiger partial charge in [-0.15, -0.1) is 0 Å². The molecule has 144 valence electrons. The normalized spacial score (nSPS) is 16.0. The molecule has 1 aliphatic heterocycles. The number of hydrogen-bond acceptors (Lipinski definition) is 2. The lowest BCUT2D eigenvalue weighted by Gasteiger charge is -2.34. The van der Waals surface area contributed by atoms with E-state index in [2.05, 4.69) is 57.8 Å². The summed E-state index contributed by atoms with van der Waals surface area (Å²) in [5, 5.41) is 6.29. The average molecular weight is 359 g/mol. The van der Waals surface area contributed by atoms with Crippen LogP contribution in [0.5, 0.6) is 0 Å². The van der Waals surface area contributed by atoms with E-state index in [9.17, 15) is 4.79 Å². The summed E-state index contributed by atoms with van der Waals surface area (Å²) in [7, 11) is 0. The smallest absolute Gasteiger partial charge is 0.222 e. The van der Waals surface area contributed by atoms with Crippen LogP contribution < -0.4 is 10.6 Å². The summed E-state index contributed by atoms with van der Waals surface area (Å²) in [6, 6.07) is 10.9. The van der Waals surface area contributed by atoms with Gasteiger partial charge in [0.15, 0.2) is 5.96 Å². The molecule has 1 saturated heterocycles. The molecule has 26 heavy (non-hydrogen) atoms. The first kappa shape index (κ1) is 20.3. The summed E-state index contributed by atoms with van der Waals surface area (Å²) < 4.78 is 0. The highest BCUT2D eigenvalue weighted by molar-refractivity contribution is 5.81. The molecule has 5 heteroatoms. The number of nitrogens with one attached hydrogen (secondary N) is 2. The molecule has 1 heterocycles. The van der Waals surface area contributed by atoms with Crippen LogP contribution in [0.25, 0.3) is 0 Å². The van der Waals surface area contributed by atoms with Gasteiger partial charge in [0.1, 0.15) is 0 Å². The van der Waals surface area contributed by atoms with Crippen LogP contribution in [0, 0.1) is 5.92 Å². The lowest BCUT2D eigenvalue weighted by Crippen LogP contribution is -2.46. The SMILES string of the molecule is CCNC(=NCCC(=O)NC(C)C)N1CCC(Cc2ccccc2)CC1. The number of guanidine groups is 1.